The number of hydrogen-bond donors (Lipinski definition) is 0. The maximum absolute atomic E-state index is 4.67. The summed E-state index contributed by atoms with van der Waals surface area (Å²) in [4.78, 5) is 0. The van der Waals surface area contributed by atoms with E-state index in [1.165, 1.54) is 41.5 Å². The molecule has 0 saturated heterocycles. The lowest BCUT2D eigenvalue weighted by molar-refractivity contribution is 1.69. The normalized spacial score (nSPS) is 12.5. The van der Waals surface area contributed by atoms with Gasteiger partial charge in [0.1, 0.15) is 30.4 Å². The van der Waals surface area contributed by atoms with E-state index in [2.05, 4.69) is 317 Å². The quantitative estimate of drug-likeness (QED) is 0.0849. The minimum Gasteiger partial charge on any atom is -0.138 e. The highest BCUT2D eigenvalue weighted by atomic mass is 29.9. The van der Waals surface area contributed by atoms with E-state index in [1.807, 2.05) is 0 Å². The van der Waals surface area contributed by atoms with Crippen molar-refractivity contribution in [3.63, 3.8) is 0 Å². The summed E-state index contributed by atoms with van der Waals surface area (Å²) in [5, 5.41) is 11.6. The van der Waals surface area contributed by atoms with Gasteiger partial charge in [0.2, 0.25) is 0 Å². The minimum absolute atomic E-state index is 1.41. The van der Waals surface area contributed by atoms with Crippen LogP contribution in [0.15, 0.2) is 243 Å². The third-order valence-corrected chi connectivity index (χ3v) is 91.1. The maximum atomic E-state index is 4.67. The molecule has 0 unspecified atom stereocenters. The second kappa shape index (κ2) is 19.6. The van der Waals surface area contributed by atoms with Crippen LogP contribution in [0.3, 0.4) is 0 Å². The smallest absolute Gasteiger partial charge is 0.138 e. The molecule has 0 spiro atoms. The first kappa shape index (κ1) is 47.9. The lowest BCUT2D eigenvalue weighted by Crippen LogP contribution is -3.05. The van der Waals surface area contributed by atoms with Gasteiger partial charge >= 0.3 is 0 Å². The van der Waals surface area contributed by atoms with E-state index in [1.54, 1.807) is 0 Å². The van der Waals surface area contributed by atoms with Gasteiger partial charge in [0, 0.05) is 0 Å². The van der Waals surface area contributed by atoms with Crippen molar-refractivity contribution in [1.82, 2.24) is 0 Å². The molecule has 0 amide bonds. The van der Waals surface area contributed by atoms with E-state index >= 15 is 0 Å². The lowest BCUT2D eigenvalue weighted by Gasteiger charge is -2.64. The highest BCUT2D eigenvalue weighted by Gasteiger charge is 2.78. The molecule has 8 rings (SSSR count). The first-order valence-electron chi connectivity index (χ1n) is 23.8. The number of rotatable bonds is 12. The summed E-state index contributed by atoms with van der Waals surface area (Å²) in [7, 11) is -20.8. The van der Waals surface area contributed by atoms with E-state index in [9.17, 15) is 0 Å². The first-order chi connectivity index (χ1) is 32.3. The van der Waals surface area contributed by atoms with Gasteiger partial charge in [-0.2, -0.15) is 0 Å². The Kier molecular flexibility index (Phi) is 14.0. The topological polar surface area (TPSA) is 0 Å². The van der Waals surface area contributed by atoms with Crippen LogP contribution in [0.4, 0.5) is 0 Å². The van der Waals surface area contributed by atoms with E-state index < -0.39 is 52.7 Å². The van der Waals surface area contributed by atoms with Crippen molar-refractivity contribution >= 4 is 94.2 Å². The molecular weight excluding hydrogens is 917 g/mol. The summed E-state index contributed by atoms with van der Waals surface area (Å²) in [6.45, 7) is 20.4. The summed E-state index contributed by atoms with van der Waals surface area (Å²) < 4.78 is 0. The molecule has 0 aliphatic rings. The zero-order valence-electron chi connectivity index (χ0n) is 40.6. The van der Waals surface area contributed by atoms with Crippen LogP contribution in [0.5, 0.6) is 0 Å². The largest absolute Gasteiger partial charge is 0.195 e. The molecular formula is C60H64Si7. The average Bonchev–Trinajstić information content (AvgIpc) is 3.35. The molecule has 8 aromatic carbocycles. The fraction of sp³-hybridized carbons (Fsp3) is 0.133. The molecule has 67 heavy (non-hydrogen) atoms. The van der Waals surface area contributed by atoms with Crippen LogP contribution in [-0.4, -0.2) is 52.7 Å². The van der Waals surface area contributed by atoms with E-state index in [0.717, 1.165) is 0 Å². The Balaban J connectivity index is 1.81. The summed E-state index contributed by atoms with van der Waals surface area (Å²) in [5.41, 5.74) is 17.9. The SMILES string of the molecule is C[Si](C)(C)C#C[Si](c1ccccc1)(c1ccccc1)[Si](c1ccccc1)(c1ccccc1)[Si](C)(C)[Si](c1ccccc1)(c1ccccc1)[Si](C#C[Si](C)(C)C)(c1ccccc1)c1ccccc1. The van der Waals surface area contributed by atoms with Gasteiger partial charge < -0.3 is 0 Å². The zero-order chi connectivity index (χ0) is 47.2. The molecule has 0 atom stereocenters. The Labute approximate surface area is 408 Å². The van der Waals surface area contributed by atoms with Crippen LogP contribution >= 0.6 is 0 Å². The van der Waals surface area contributed by atoms with Crippen molar-refractivity contribution in [3.05, 3.63) is 243 Å². The molecule has 0 heterocycles. The van der Waals surface area contributed by atoms with Crippen LogP contribution < -0.4 is 41.5 Å². The van der Waals surface area contributed by atoms with E-state index in [-0.39, 0.29) is 0 Å². The van der Waals surface area contributed by atoms with E-state index in [4.69, 9.17) is 0 Å². The first-order valence-corrected chi connectivity index (χ1v) is 45.8. The molecule has 0 aromatic heterocycles. The third kappa shape index (κ3) is 8.42. The summed E-state index contributed by atoms with van der Waals surface area (Å²) in [6, 6.07) is 95.1. The van der Waals surface area contributed by atoms with Gasteiger partial charge in [-0.3, -0.25) is 0 Å². The van der Waals surface area contributed by atoms with Gasteiger partial charge in [-0.25, -0.2) is 0 Å². The van der Waals surface area contributed by atoms with Crippen LogP contribution in [0.25, 0.3) is 0 Å². The molecule has 0 N–H and O–H groups in total. The van der Waals surface area contributed by atoms with Crippen LogP contribution in [0.1, 0.15) is 0 Å². The van der Waals surface area contributed by atoms with Crippen molar-refractivity contribution in [2.45, 2.75) is 52.4 Å². The third-order valence-electron chi connectivity index (χ3n) is 13.9. The van der Waals surface area contributed by atoms with Crippen molar-refractivity contribution in [2.75, 3.05) is 0 Å². The number of benzene rings is 8. The predicted molar refractivity (Wildman–Crippen MR) is 311 cm³/mol. The highest BCUT2D eigenvalue weighted by Crippen LogP contribution is 2.40. The van der Waals surface area contributed by atoms with E-state index in [0.29, 0.717) is 0 Å². The molecule has 8 aromatic rings. The van der Waals surface area contributed by atoms with Crippen LogP contribution in [0.2, 0.25) is 52.4 Å². The van der Waals surface area contributed by atoms with Crippen molar-refractivity contribution in [3.8, 4) is 22.2 Å². The number of hydrogen-bond acceptors (Lipinski definition) is 0. The Bertz CT molecular complexity index is 2620. The summed E-state index contributed by atoms with van der Waals surface area (Å²) in [5.74, 6) is 0. The molecule has 0 aliphatic heterocycles. The maximum Gasteiger partial charge on any atom is 0.195 e. The summed E-state index contributed by atoms with van der Waals surface area (Å²) in [6.07, 6.45) is 0. The lowest BCUT2D eigenvalue weighted by atomic mass is 10.4. The molecule has 0 aliphatic carbocycles. The second-order valence-electron chi connectivity index (χ2n) is 20.6. The van der Waals surface area contributed by atoms with Crippen molar-refractivity contribution in [2.24, 2.45) is 0 Å². The highest BCUT2D eigenvalue weighted by molar-refractivity contribution is 8.04. The molecule has 332 valence electrons. The Morgan fingerprint density at radius 3 is 0.537 bits per heavy atom. The van der Waals surface area contributed by atoms with Crippen LogP contribution in [-0.2, 0) is 0 Å². The molecule has 0 bridgehead atoms. The van der Waals surface area contributed by atoms with Gasteiger partial charge in [0.15, 0.2) is 15.2 Å². The monoisotopic (exact) mass is 980 g/mol. The van der Waals surface area contributed by atoms with Gasteiger partial charge in [-0.15, -0.1) is 22.2 Å². The average molecular weight is 982 g/mol. The van der Waals surface area contributed by atoms with Gasteiger partial charge in [-0.05, 0) is 20.7 Å². The van der Waals surface area contributed by atoms with Crippen molar-refractivity contribution < 1.29 is 0 Å². The Hall–Kier alpha value is -5.60. The fourth-order valence-corrected chi connectivity index (χ4v) is 124. The Morgan fingerprint density at radius 1 is 0.209 bits per heavy atom. The molecule has 0 fully saturated rings. The van der Waals surface area contributed by atoms with Crippen LogP contribution in [0, 0.1) is 22.2 Å². The van der Waals surface area contributed by atoms with Gasteiger partial charge in [0.05, 0.1) is 7.11 Å². The minimum atomic E-state index is -3.42. The summed E-state index contributed by atoms with van der Waals surface area (Å²) >= 11 is 0. The second-order valence-corrected chi connectivity index (χ2v) is 69.9. The fourth-order valence-electron chi connectivity index (χ4n) is 11.6. The predicted octanol–water partition coefficient (Wildman–Crippen LogP) is 8.90. The van der Waals surface area contributed by atoms with Crippen molar-refractivity contribution in [1.29, 1.82) is 0 Å². The molecule has 0 nitrogen and oxygen atoms in total. The Morgan fingerprint density at radius 2 is 0.373 bits per heavy atom. The zero-order valence-corrected chi connectivity index (χ0v) is 47.6. The van der Waals surface area contributed by atoms with Gasteiger partial charge in [0.25, 0.3) is 0 Å². The van der Waals surface area contributed by atoms with Gasteiger partial charge in [-0.1, -0.05) is 316 Å². The molecule has 0 saturated carbocycles. The standard InChI is InChI=1S/C60H64Si7/c1-61(2,3)49-51-64(53-33-17-9-18-34-53,54-35-19-10-20-36-54)66(57-41-25-13-26-42-57,58-43-27-14-28-44-58)63(7,8)67(59-45-29-15-30-46-59,60-47-31-16-32-48-60)65(52-50-62(4,5)6,55-37-21-11-22-38-55)56-39-23-12-24-40-56/h9-48H,1-8H3. The molecule has 0 radical (unpaired) electrons. The molecule has 7 heteroatoms.